The average Bonchev–Trinajstić information content (AvgIpc) is 3.24. The lowest BCUT2D eigenvalue weighted by molar-refractivity contribution is -0.137. The molecule has 0 radical (unpaired) electrons. The molecule has 192 valence electrons. The predicted octanol–water partition coefficient (Wildman–Crippen LogP) is 7.36. The van der Waals surface area contributed by atoms with Crippen LogP contribution in [0.5, 0.6) is 0 Å². The molecule has 1 aliphatic rings. The van der Waals surface area contributed by atoms with E-state index >= 15 is 0 Å². The number of carbonyl (C=O) groups is 2. The van der Waals surface area contributed by atoms with Crippen LogP contribution in [0.4, 0.5) is 23.7 Å². The Morgan fingerprint density at radius 2 is 1.42 bits per heavy atom. The summed E-state index contributed by atoms with van der Waals surface area (Å²) in [6, 6.07) is 26.0. The fourth-order valence-electron chi connectivity index (χ4n) is 4.75. The van der Waals surface area contributed by atoms with Gasteiger partial charge in [0.2, 0.25) is 0 Å². The van der Waals surface area contributed by atoms with Crippen molar-refractivity contribution in [1.29, 1.82) is 0 Å². The molecule has 0 atom stereocenters. The molecule has 4 aromatic rings. The van der Waals surface area contributed by atoms with Gasteiger partial charge in [0.25, 0.3) is 0 Å². The Bertz CT molecular complexity index is 1450. The lowest BCUT2D eigenvalue weighted by Crippen LogP contribution is -2.32. The number of hydrogen-bond donors (Lipinski definition) is 1. The van der Waals surface area contributed by atoms with Crippen molar-refractivity contribution < 1.29 is 32.6 Å². The van der Waals surface area contributed by atoms with E-state index < -0.39 is 23.8 Å². The molecule has 5 nitrogen and oxygen atoms in total. The van der Waals surface area contributed by atoms with Crippen LogP contribution in [0, 0.1) is 0 Å². The third-order valence-electron chi connectivity index (χ3n) is 6.58. The summed E-state index contributed by atoms with van der Waals surface area (Å²) >= 11 is 0. The molecule has 0 saturated heterocycles. The number of alkyl halides is 3. The molecule has 0 bridgehead atoms. The van der Waals surface area contributed by atoms with Crippen LogP contribution in [0.1, 0.15) is 38.5 Å². The van der Waals surface area contributed by atoms with Gasteiger partial charge in [-0.15, -0.1) is 0 Å². The van der Waals surface area contributed by atoms with Gasteiger partial charge in [0, 0.05) is 11.6 Å². The van der Waals surface area contributed by atoms with E-state index in [1.807, 2.05) is 48.5 Å². The maximum absolute atomic E-state index is 13.4. The van der Waals surface area contributed by atoms with Gasteiger partial charge in [-0.05, 0) is 64.2 Å². The van der Waals surface area contributed by atoms with Gasteiger partial charge in [-0.1, -0.05) is 60.7 Å². The molecule has 1 aliphatic carbocycles. The van der Waals surface area contributed by atoms with Crippen molar-refractivity contribution in [3.8, 4) is 11.1 Å². The van der Waals surface area contributed by atoms with E-state index in [-0.39, 0.29) is 30.2 Å². The number of halogens is 3. The largest absolute Gasteiger partial charge is 0.478 e. The molecule has 0 fully saturated rings. The minimum absolute atomic E-state index is 0.0142. The molecule has 4 aromatic carbocycles. The van der Waals surface area contributed by atoms with Gasteiger partial charge < -0.3 is 9.84 Å². The number of nitrogens with zero attached hydrogens (tertiary/aromatic N) is 1. The lowest BCUT2D eigenvalue weighted by Gasteiger charge is -2.24. The van der Waals surface area contributed by atoms with Gasteiger partial charge in [-0.25, -0.2) is 9.59 Å². The van der Waals surface area contributed by atoms with Crippen LogP contribution < -0.4 is 4.90 Å². The average molecular weight is 518 g/mol. The highest BCUT2D eigenvalue weighted by Gasteiger charge is 2.32. The molecule has 1 N–H and O–H groups in total. The van der Waals surface area contributed by atoms with E-state index in [1.54, 1.807) is 0 Å². The zero-order valence-corrected chi connectivity index (χ0v) is 20.0. The molecule has 0 saturated carbocycles. The zero-order chi connectivity index (χ0) is 26.9. The van der Waals surface area contributed by atoms with Crippen LogP contribution in [-0.4, -0.2) is 23.8 Å². The molecule has 0 spiro atoms. The van der Waals surface area contributed by atoms with Crippen LogP contribution in [-0.2, 0) is 17.5 Å². The number of carboxylic acids is 1. The first-order valence-electron chi connectivity index (χ1n) is 11.8. The number of amides is 1. The molecule has 0 aromatic heterocycles. The molecule has 0 heterocycles. The number of fused-ring (bicyclic) bond motifs is 3. The Hall–Kier alpha value is -4.59. The lowest BCUT2D eigenvalue weighted by atomic mass is 9.98. The fourth-order valence-corrected chi connectivity index (χ4v) is 4.75. The number of carboxylic acid groups (broad SMARTS) is 1. The summed E-state index contributed by atoms with van der Waals surface area (Å²) in [5.41, 5.74) is 3.90. The van der Waals surface area contributed by atoms with E-state index in [9.17, 15) is 27.9 Å². The quantitative estimate of drug-likeness (QED) is 0.290. The second-order valence-corrected chi connectivity index (χ2v) is 8.94. The van der Waals surface area contributed by atoms with Gasteiger partial charge >= 0.3 is 18.2 Å². The Morgan fingerprint density at radius 1 is 0.816 bits per heavy atom. The number of carbonyl (C=O) groups excluding carboxylic acids is 1. The highest BCUT2D eigenvalue weighted by Crippen LogP contribution is 2.44. The molecule has 5 rings (SSSR count). The van der Waals surface area contributed by atoms with Crippen molar-refractivity contribution >= 4 is 17.7 Å². The molecule has 1 amide bonds. The Kier molecular flexibility index (Phi) is 6.63. The van der Waals surface area contributed by atoms with Gasteiger partial charge in [-0.2, -0.15) is 13.2 Å². The maximum atomic E-state index is 13.4. The van der Waals surface area contributed by atoms with Gasteiger partial charge in [0.05, 0.1) is 17.7 Å². The van der Waals surface area contributed by atoms with Gasteiger partial charge in [-0.3, -0.25) is 4.90 Å². The van der Waals surface area contributed by atoms with Crippen molar-refractivity contribution in [3.05, 3.63) is 125 Å². The standard InChI is InChI=1S/C30H22F3NO4/c31-30(32,33)21-7-5-6-19(16-21)17-34(22-14-12-20(13-15-22)28(35)36)29(37)38-18-27-25-10-3-1-8-23(25)24-9-2-4-11-26(24)27/h1-16,27H,17-18H2,(H,35,36). The van der Waals surface area contributed by atoms with Crippen LogP contribution in [0.15, 0.2) is 97.1 Å². The molecule has 38 heavy (non-hydrogen) atoms. The molecular formula is C30H22F3NO4. The van der Waals surface area contributed by atoms with E-state index in [1.165, 1.54) is 41.3 Å². The molecule has 0 unspecified atom stereocenters. The number of ether oxygens (including phenoxy) is 1. The number of rotatable bonds is 6. The van der Waals surface area contributed by atoms with E-state index in [2.05, 4.69) is 0 Å². The summed E-state index contributed by atoms with van der Waals surface area (Å²) in [5, 5.41) is 9.22. The Balaban J connectivity index is 1.42. The zero-order valence-electron chi connectivity index (χ0n) is 20.0. The topological polar surface area (TPSA) is 66.8 Å². The predicted molar refractivity (Wildman–Crippen MR) is 136 cm³/mol. The summed E-state index contributed by atoms with van der Waals surface area (Å²) in [6.07, 6.45) is -5.29. The van der Waals surface area contributed by atoms with Crippen LogP contribution in [0.3, 0.4) is 0 Å². The first-order valence-corrected chi connectivity index (χ1v) is 11.8. The van der Waals surface area contributed by atoms with Crippen molar-refractivity contribution in [3.63, 3.8) is 0 Å². The molecular weight excluding hydrogens is 495 g/mol. The highest BCUT2D eigenvalue weighted by molar-refractivity contribution is 5.91. The Labute approximate surface area is 216 Å². The third kappa shape index (κ3) is 4.98. The number of hydrogen-bond acceptors (Lipinski definition) is 3. The minimum atomic E-state index is -4.53. The summed E-state index contributed by atoms with van der Waals surface area (Å²) in [6.45, 7) is -0.174. The smallest absolute Gasteiger partial charge is 0.416 e. The van der Waals surface area contributed by atoms with Crippen LogP contribution in [0.2, 0.25) is 0 Å². The highest BCUT2D eigenvalue weighted by atomic mass is 19.4. The van der Waals surface area contributed by atoms with Gasteiger partial charge in [0.1, 0.15) is 6.61 Å². The summed E-state index contributed by atoms with van der Waals surface area (Å²) < 4.78 is 45.6. The maximum Gasteiger partial charge on any atom is 0.416 e. The van der Waals surface area contributed by atoms with Crippen molar-refractivity contribution in [2.24, 2.45) is 0 Å². The second-order valence-electron chi connectivity index (χ2n) is 8.94. The van der Waals surface area contributed by atoms with Crippen molar-refractivity contribution in [2.75, 3.05) is 11.5 Å². The van der Waals surface area contributed by atoms with Crippen LogP contribution in [0.25, 0.3) is 11.1 Å². The van der Waals surface area contributed by atoms with E-state index in [0.29, 0.717) is 5.69 Å². The second kappa shape index (κ2) is 10.0. The van der Waals surface area contributed by atoms with Gasteiger partial charge in [0.15, 0.2) is 0 Å². The third-order valence-corrected chi connectivity index (χ3v) is 6.58. The van der Waals surface area contributed by atoms with E-state index in [4.69, 9.17) is 4.74 Å². The number of benzene rings is 4. The molecule has 8 heteroatoms. The summed E-state index contributed by atoms with van der Waals surface area (Å²) in [5.74, 6) is -1.33. The van der Waals surface area contributed by atoms with Crippen LogP contribution >= 0.6 is 0 Å². The number of anilines is 1. The number of aromatic carboxylic acids is 1. The first-order chi connectivity index (χ1) is 18.2. The minimum Gasteiger partial charge on any atom is -0.478 e. The van der Waals surface area contributed by atoms with Crippen molar-refractivity contribution in [1.82, 2.24) is 0 Å². The SMILES string of the molecule is O=C(O)c1ccc(N(Cc2cccc(C(F)(F)F)c2)C(=O)OCC2c3ccccc3-c3ccccc32)cc1. The van der Waals surface area contributed by atoms with E-state index in [0.717, 1.165) is 34.4 Å². The van der Waals surface area contributed by atoms with Crippen molar-refractivity contribution in [2.45, 2.75) is 18.6 Å². The Morgan fingerprint density at radius 3 is 2.00 bits per heavy atom. The summed E-state index contributed by atoms with van der Waals surface area (Å²) in [7, 11) is 0. The molecule has 0 aliphatic heterocycles. The normalized spacial score (nSPS) is 12.5. The monoisotopic (exact) mass is 517 g/mol. The summed E-state index contributed by atoms with van der Waals surface area (Å²) in [4.78, 5) is 25.9. The first kappa shape index (κ1) is 25.1. The fraction of sp³-hybridized carbons (Fsp3) is 0.133.